The third-order valence-electron chi connectivity index (χ3n) is 4.20. The fourth-order valence-corrected chi connectivity index (χ4v) is 3.27. The van der Waals surface area contributed by atoms with Crippen molar-refractivity contribution in [3.05, 3.63) is 82.4 Å². The predicted octanol–water partition coefficient (Wildman–Crippen LogP) is 5.96. The molecular formula is C20H16ClN. The molecule has 3 aromatic carbocycles. The largest absolute Gasteiger partial charge is 0.355 e. The van der Waals surface area contributed by atoms with E-state index in [0.29, 0.717) is 0 Å². The Morgan fingerprint density at radius 1 is 0.909 bits per heavy atom. The van der Waals surface area contributed by atoms with Crippen LogP contribution in [-0.4, -0.2) is 0 Å². The van der Waals surface area contributed by atoms with E-state index >= 15 is 0 Å². The average molecular weight is 306 g/mol. The maximum absolute atomic E-state index is 6.20. The Hall–Kier alpha value is -2.25. The van der Waals surface area contributed by atoms with Gasteiger partial charge in [0.25, 0.3) is 0 Å². The zero-order valence-corrected chi connectivity index (χ0v) is 13.1. The Labute approximate surface area is 135 Å². The van der Waals surface area contributed by atoms with Gasteiger partial charge < -0.3 is 5.32 Å². The van der Waals surface area contributed by atoms with Crippen LogP contribution in [0.3, 0.4) is 0 Å². The second-order valence-electron chi connectivity index (χ2n) is 5.81. The monoisotopic (exact) mass is 305 g/mol. The Bertz CT molecular complexity index is 850. The standard InChI is InChI=1S/C20H16ClN/c1-13-5-9-17(10-6-13)22-19-4-2-3-15-11-14-7-8-16(21)12-18(14)20(15)19/h2-10,12,22H,11H2,1H3. The van der Waals surface area contributed by atoms with E-state index in [1.165, 1.54) is 27.8 Å². The number of rotatable bonds is 2. The van der Waals surface area contributed by atoms with Gasteiger partial charge in [-0.3, -0.25) is 0 Å². The van der Waals surface area contributed by atoms with Crippen LogP contribution in [0.15, 0.2) is 60.7 Å². The number of fused-ring (bicyclic) bond motifs is 3. The molecule has 0 atom stereocenters. The van der Waals surface area contributed by atoms with Crippen molar-refractivity contribution in [3.63, 3.8) is 0 Å². The Morgan fingerprint density at radius 3 is 2.55 bits per heavy atom. The summed E-state index contributed by atoms with van der Waals surface area (Å²) >= 11 is 6.20. The maximum Gasteiger partial charge on any atom is 0.0466 e. The lowest BCUT2D eigenvalue weighted by molar-refractivity contribution is 1.26. The first-order chi connectivity index (χ1) is 10.7. The summed E-state index contributed by atoms with van der Waals surface area (Å²) in [5.74, 6) is 0. The minimum atomic E-state index is 0.789. The molecular weight excluding hydrogens is 290 g/mol. The van der Waals surface area contributed by atoms with E-state index in [4.69, 9.17) is 11.6 Å². The molecule has 0 heterocycles. The highest BCUT2D eigenvalue weighted by Gasteiger charge is 2.21. The van der Waals surface area contributed by atoms with Gasteiger partial charge in [-0.1, -0.05) is 47.5 Å². The molecule has 1 aliphatic rings. The molecule has 0 saturated carbocycles. The van der Waals surface area contributed by atoms with Crippen LogP contribution in [0.4, 0.5) is 11.4 Å². The number of hydrogen-bond donors (Lipinski definition) is 1. The van der Waals surface area contributed by atoms with E-state index in [1.807, 2.05) is 6.07 Å². The van der Waals surface area contributed by atoms with Gasteiger partial charge in [0.05, 0.1) is 0 Å². The first kappa shape index (κ1) is 13.4. The molecule has 108 valence electrons. The molecule has 3 aromatic rings. The highest BCUT2D eigenvalue weighted by molar-refractivity contribution is 6.31. The van der Waals surface area contributed by atoms with Crippen LogP contribution < -0.4 is 5.32 Å². The van der Waals surface area contributed by atoms with Gasteiger partial charge in [0.15, 0.2) is 0 Å². The molecule has 0 radical (unpaired) electrons. The van der Waals surface area contributed by atoms with E-state index in [2.05, 4.69) is 66.8 Å². The molecule has 0 aromatic heterocycles. The number of hydrogen-bond acceptors (Lipinski definition) is 1. The zero-order chi connectivity index (χ0) is 15.1. The van der Waals surface area contributed by atoms with Crippen molar-refractivity contribution in [3.8, 4) is 11.1 Å². The number of anilines is 2. The predicted molar refractivity (Wildman–Crippen MR) is 94.2 cm³/mol. The zero-order valence-electron chi connectivity index (χ0n) is 12.4. The summed E-state index contributed by atoms with van der Waals surface area (Å²) in [4.78, 5) is 0. The summed E-state index contributed by atoms with van der Waals surface area (Å²) in [6.45, 7) is 2.10. The molecule has 1 aliphatic carbocycles. The average Bonchev–Trinajstić information content (AvgIpc) is 2.88. The first-order valence-electron chi connectivity index (χ1n) is 7.45. The fraction of sp³-hybridized carbons (Fsp3) is 0.100. The molecule has 1 N–H and O–H groups in total. The maximum atomic E-state index is 6.20. The lowest BCUT2D eigenvalue weighted by Crippen LogP contribution is -1.93. The Morgan fingerprint density at radius 2 is 1.73 bits per heavy atom. The molecule has 0 spiro atoms. The lowest BCUT2D eigenvalue weighted by atomic mass is 10.0. The van der Waals surface area contributed by atoms with Crippen LogP contribution in [-0.2, 0) is 6.42 Å². The second-order valence-corrected chi connectivity index (χ2v) is 6.25. The van der Waals surface area contributed by atoms with Gasteiger partial charge in [-0.05, 0) is 60.4 Å². The molecule has 0 unspecified atom stereocenters. The van der Waals surface area contributed by atoms with Crippen molar-refractivity contribution in [2.24, 2.45) is 0 Å². The van der Waals surface area contributed by atoms with Crippen molar-refractivity contribution in [2.75, 3.05) is 5.32 Å². The Kier molecular flexibility index (Phi) is 3.16. The van der Waals surface area contributed by atoms with Crippen molar-refractivity contribution in [1.29, 1.82) is 0 Å². The summed E-state index contributed by atoms with van der Waals surface area (Å²) < 4.78 is 0. The highest BCUT2D eigenvalue weighted by Crippen LogP contribution is 2.43. The topological polar surface area (TPSA) is 12.0 Å². The van der Waals surface area contributed by atoms with Crippen LogP contribution in [0.1, 0.15) is 16.7 Å². The molecule has 1 nitrogen and oxygen atoms in total. The van der Waals surface area contributed by atoms with Crippen LogP contribution >= 0.6 is 11.6 Å². The molecule has 0 amide bonds. The highest BCUT2D eigenvalue weighted by atomic mass is 35.5. The van der Waals surface area contributed by atoms with Crippen molar-refractivity contribution < 1.29 is 0 Å². The smallest absolute Gasteiger partial charge is 0.0466 e. The van der Waals surface area contributed by atoms with Crippen molar-refractivity contribution >= 4 is 23.0 Å². The van der Waals surface area contributed by atoms with Gasteiger partial charge in [0.2, 0.25) is 0 Å². The summed E-state index contributed by atoms with van der Waals surface area (Å²) in [5.41, 5.74) is 8.74. The number of nitrogens with one attached hydrogen (secondary N) is 1. The molecule has 0 fully saturated rings. The number of halogens is 1. The van der Waals surface area contributed by atoms with Gasteiger partial charge in [0, 0.05) is 22.0 Å². The lowest BCUT2D eigenvalue weighted by Gasteiger charge is -2.13. The molecule has 4 rings (SSSR count). The molecule has 0 saturated heterocycles. The number of benzene rings is 3. The van der Waals surface area contributed by atoms with E-state index in [-0.39, 0.29) is 0 Å². The quantitative estimate of drug-likeness (QED) is 0.481. The second kappa shape index (κ2) is 5.19. The van der Waals surface area contributed by atoms with Crippen LogP contribution in [0.2, 0.25) is 5.02 Å². The summed E-state index contributed by atoms with van der Waals surface area (Å²) in [5, 5.41) is 4.34. The van der Waals surface area contributed by atoms with Gasteiger partial charge in [-0.2, -0.15) is 0 Å². The van der Waals surface area contributed by atoms with E-state index < -0.39 is 0 Å². The van der Waals surface area contributed by atoms with E-state index in [9.17, 15) is 0 Å². The van der Waals surface area contributed by atoms with Gasteiger partial charge >= 0.3 is 0 Å². The summed E-state index contributed by atoms with van der Waals surface area (Å²) in [7, 11) is 0. The van der Waals surface area contributed by atoms with Gasteiger partial charge in [0.1, 0.15) is 0 Å². The molecule has 0 bridgehead atoms. The van der Waals surface area contributed by atoms with Crippen molar-refractivity contribution in [1.82, 2.24) is 0 Å². The third kappa shape index (κ3) is 2.28. The fourth-order valence-electron chi connectivity index (χ4n) is 3.10. The van der Waals surface area contributed by atoms with Crippen LogP contribution in [0.25, 0.3) is 11.1 Å². The minimum Gasteiger partial charge on any atom is -0.355 e. The van der Waals surface area contributed by atoms with Crippen LogP contribution in [0, 0.1) is 6.92 Å². The SMILES string of the molecule is Cc1ccc(Nc2cccc3c2-c2cc(Cl)ccc2C3)cc1. The molecule has 22 heavy (non-hydrogen) atoms. The summed E-state index contributed by atoms with van der Waals surface area (Å²) in [6, 6.07) is 21.1. The van der Waals surface area contributed by atoms with Gasteiger partial charge in [-0.15, -0.1) is 0 Å². The van der Waals surface area contributed by atoms with Crippen molar-refractivity contribution in [2.45, 2.75) is 13.3 Å². The molecule has 0 aliphatic heterocycles. The molecule has 2 heteroatoms. The van der Waals surface area contributed by atoms with E-state index in [0.717, 1.165) is 22.8 Å². The third-order valence-corrected chi connectivity index (χ3v) is 4.44. The minimum absolute atomic E-state index is 0.789. The Balaban J connectivity index is 1.80. The normalized spacial score (nSPS) is 11.9. The van der Waals surface area contributed by atoms with Gasteiger partial charge in [-0.25, -0.2) is 0 Å². The van der Waals surface area contributed by atoms with Crippen LogP contribution in [0.5, 0.6) is 0 Å². The summed E-state index contributed by atoms with van der Waals surface area (Å²) in [6.07, 6.45) is 0.977. The number of aryl methyl sites for hydroxylation is 1. The first-order valence-corrected chi connectivity index (χ1v) is 7.83. The van der Waals surface area contributed by atoms with E-state index in [1.54, 1.807) is 0 Å².